The minimum Gasteiger partial charge on any atom is -0.456 e. The first kappa shape index (κ1) is 51.3. The van der Waals surface area contributed by atoms with Gasteiger partial charge in [-0.15, -0.1) is 11.3 Å². The van der Waals surface area contributed by atoms with Gasteiger partial charge in [0.25, 0.3) is 0 Å². The second-order valence-electron chi connectivity index (χ2n) is 24.3. The number of thiophene rings is 1. The first-order valence-electron chi connectivity index (χ1n) is 31.5. The lowest BCUT2D eigenvalue weighted by atomic mass is 10.0. The van der Waals surface area contributed by atoms with Crippen molar-refractivity contribution in [2.75, 3.05) is 0 Å². The summed E-state index contributed by atoms with van der Waals surface area (Å²) in [5.74, 6) is 1.25. The molecule has 22 rings (SSSR count). The Bertz CT molecular complexity index is 6600. The normalized spacial score (nSPS) is 12.3. The van der Waals surface area contributed by atoms with Crippen molar-refractivity contribution in [3.05, 3.63) is 279 Å². The zero-order chi connectivity index (χ0) is 61.3. The highest BCUT2D eigenvalue weighted by Gasteiger charge is 2.27. The van der Waals surface area contributed by atoms with Crippen molar-refractivity contribution in [3.63, 3.8) is 0 Å². The maximum Gasteiger partial charge on any atom is 0.236 e. The summed E-state index contributed by atoms with van der Waals surface area (Å²) in [4.78, 5) is 21.7. The summed E-state index contributed by atoms with van der Waals surface area (Å²) < 4.78 is 26.0. The highest BCUT2D eigenvalue weighted by atomic mass is 32.1. The van der Waals surface area contributed by atoms with Crippen molar-refractivity contribution < 1.29 is 13.3 Å². The summed E-state index contributed by atoms with van der Waals surface area (Å²) in [6.45, 7) is 0. The number of fused-ring (bicyclic) bond motifs is 24. The third-order valence-electron chi connectivity index (χ3n) is 19.2. The maximum atomic E-state index is 6.57. The van der Waals surface area contributed by atoms with Crippen molar-refractivity contribution in [2.45, 2.75) is 0 Å². The molecule has 0 amide bonds. The van der Waals surface area contributed by atoms with Crippen LogP contribution in [0.1, 0.15) is 0 Å². The maximum absolute atomic E-state index is 6.57. The number of hydrogen-bond donors (Lipinski definition) is 0. The number of nitrogens with zero attached hydrogens (tertiary/aromatic N) is 6. The zero-order valence-corrected chi connectivity index (χ0v) is 50.7. The minimum atomic E-state index is 0.592. The van der Waals surface area contributed by atoms with Crippen LogP contribution >= 0.6 is 11.3 Å². The standard InChI is InChI=1S/C42H23N3O2.C42H23N3OS/c1-2-12-26-23-33-31(22-25(26)11-1)37-27-13-4-3-10-24(27)20-21-32(37)45(33)42-43-39-29-15-6-8-18-35(29)47-41(39)40(44-42)30-16-9-19-36-38(30)28-14-5-7-17-34(28)46-36;1-2-12-26-23-33-31(22-25(26)11-1)37-27-13-4-3-10-24(27)20-21-32(37)45(33)42-43-39-29-15-6-8-19-36(29)47-41(39)40(44-42)30-16-9-18-35-38(30)28-14-5-7-17-34(28)46-35/h2*1-23H. The molecule has 0 aliphatic heterocycles. The fourth-order valence-corrected chi connectivity index (χ4v) is 16.2. The van der Waals surface area contributed by atoms with E-state index in [2.05, 4.69) is 221 Å². The number of rotatable bonds is 4. The average Bonchev–Trinajstić information content (AvgIpc) is 1.56. The van der Waals surface area contributed by atoms with Gasteiger partial charge in [-0.05, 0) is 122 Å². The molecule has 0 saturated carbocycles. The molecule has 94 heavy (non-hydrogen) atoms. The first-order chi connectivity index (χ1) is 46.6. The van der Waals surface area contributed by atoms with Gasteiger partial charge in [0.2, 0.25) is 11.9 Å². The molecule has 0 N–H and O–H groups in total. The van der Waals surface area contributed by atoms with E-state index in [0.717, 1.165) is 126 Å². The van der Waals surface area contributed by atoms with Gasteiger partial charge in [-0.25, -0.2) is 19.9 Å². The van der Waals surface area contributed by atoms with Crippen LogP contribution in [-0.4, -0.2) is 29.1 Å². The number of aromatic nitrogens is 6. The molecule has 0 radical (unpaired) electrons. The van der Waals surface area contributed by atoms with Crippen LogP contribution in [0.25, 0.3) is 207 Å². The van der Waals surface area contributed by atoms with Gasteiger partial charge in [0.05, 0.1) is 38.0 Å². The largest absolute Gasteiger partial charge is 0.456 e. The summed E-state index contributed by atoms with van der Waals surface area (Å²) in [6, 6.07) is 97.9. The minimum absolute atomic E-state index is 0.592. The van der Waals surface area contributed by atoms with Gasteiger partial charge in [0.1, 0.15) is 39.1 Å². The lowest BCUT2D eigenvalue weighted by Gasteiger charge is -2.11. The summed E-state index contributed by atoms with van der Waals surface area (Å²) in [5.41, 5.74) is 14.5. The molecule has 0 bridgehead atoms. The Morgan fingerprint density at radius 2 is 0.681 bits per heavy atom. The number of hydrogen-bond acceptors (Lipinski definition) is 8. The third-order valence-corrected chi connectivity index (χ3v) is 20.3. The molecule has 8 aromatic heterocycles. The second-order valence-corrected chi connectivity index (χ2v) is 25.4. The number of furan rings is 3. The van der Waals surface area contributed by atoms with Crippen molar-refractivity contribution in [1.29, 1.82) is 0 Å². The highest BCUT2D eigenvalue weighted by molar-refractivity contribution is 7.26. The molecule has 0 aliphatic rings. The predicted molar refractivity (Wildman–Crippen MR) is 388 cm³/mol. The molecule has 0 saturated heterocycles. The summed E-state index contributed by atoms with van der Waals surface area (Å²) in [6.07, 6.45) is 0. The number of para-hydroxylation sites is 3. The Hall–Kier alpha value is -12.5. The van der Waals surface area contributed by atoms with Gasteiger partial charge in [-0.1, -0.05) is 200 Å². The molecule has 0 spiro atoms. The summed E-state index contributed by atoms with van der Waals surface area (Å²) in [5, 5.41) is 20.7. The molecule has 0 fully saturated rings. The van der Waals surface area contributed by atoms with E-state index in [1.165, 1.54) is 63.9 Å². The van der Waals surface area contributed by atoms with E-state index in [0.29, 0.717) is 17.5 Å². The lowest BCUT2D eigenvalue weighted by molar-refractivity contribution is 0.666. The van der Waals surface area contributed by atoms with Gasteiger partial charge in [-0.3, -0.25) is 9.13 Å². The third kappa shape index (κ3) is 7.39. The van der Waals surface area contributed by atoms with Crippen LogP contribution in [0.15, 0.2) is 292 Å². The smallest absolute Gasteiger partial charge is 0.236 e. The van der Waals surface area contributed by atoms with Crippen LogP contribution in [0, 0.1) is 0 Å². The van der Waals surface area contributed by atoms with Crippen LogP contribution in [0.5, 0.6) is 0 Å². The lowest BCUT2D eigenvalue weighted by Crippen LogP contribution is -2.03. The van der Waals surface area contributed by atoms with E-state index < -0.39 is 0 Å². The Kier molecular flexibility index (Phi) is 10.6. The van der Waals surface area contributed by atoms with Crippen molar-refractivity contribution in [3.8, 4) is 34.4 Å². The van der Waals surface area contributed by atoms with Crippen LogP contribution < -0.4 is 0 Å². The van der Waals surface area contributed by atoms with Gasteiger partial charge in [0, 0.05) is 69.7 Å². The molecule has 0 aliphatic carbocycles. The van der Waals surface area contributed by atoms with Gasteiger partial charge in [0.15, 0.2) is 5.58 Å². The predicted octanol–water partition coefficient (Wildman–Crippen LogP) is 23.2. The molecular weight excluding hydrogens is 1170 g/mol. The van der Waals surface area contributed by atoms with E-state index in [1.807, 2.05) is 66.7 Å². The molecule has 9 nitrogen and oxygen atoms in total. The molecule has 8 heterocycles. The summed E-state index contributed by atoms with van der Waals surface area (Å²) in [7, 11) is 0. The first-order valence-corrected chi connectivity index (χ1v) is 32.3. The molecule has 22 aromatic rings. The summed E-state index contributed by atoms with van der Waals surface area (Å²) >= 11 is 1.75. The highest BCUT2D eigenvalue weighted by Crippen LogP contribution is 2.47. The second kappa shape index (κ2) is 19.5. The molecule has 14 aromatic carbocycles. The monoisotopic (exact) mass is 1220 g/mol. The van der Waals surface area contributed by atoms with Crippen LogP contribution in [0.4, 0.5) is 0 Å². The Morgan fingerprint density at radius 1 is 0.266 bits per heavy atom. The Morgan fingerprint density at radius 3 is 1.23 bits per heavy atom. The average molecular weight is 1220 g/mol. The Balaban J connectivity index is 0.000000126. The SMILES string of the molecule is c1ccc2cc3c(cc2c1)c1c2ccccc2ccc1n3-c1nc(-c2cccc3oc4ccccc4c23)c2oc3ccccc3c2n1.c1ccc2cc3c(cc2c1)c1c2ccccc2ccc1n3-c1nc(-c2cccc3oc4ccccc4c23)c2sc3ccccc3c2n1. The topological polar surface area (TPSA) is 101 Å². The van der Waals surface area contributed by atoms with Gasteiger partial charge >= 0.3 is 0 Å². The van der Waals surface area contributed by atoms with Gasteiger partial charge < -0.3 is 13.3 Å². The molecular formula is C84H46N6O3S. The quantitative estimate of drug-likeness (QED) is 0.173. The van der Waals surface area contributed by atoms with Gasteiger partial charge in [-0.2, -0.15) is 0 Å². The van der Waals surface area contributed by atoms with Crippen molar-refractivity contribution in [2.24, 2.45) is 0 Å². The van der Waals surface area contributed by atoms with E-state index in [4.69, 9.17) is 33.2 Å². The van der Waals surface area contributed by atoms with E-state index in [1.54, 1.807) is 11.3 Å². The molecule has 0 unspecified atom stereocenters. The zero-order valence-electron chi connectivity index (χ0n) is 49.9. The fourth-order valence-electron chi connectivity index (χ4n) is 15.0. The van der Waals surface area contributed by atoms with Crippen LogP contribution in [-0.2, 0) is 0 Å². The van der Waals surface area contributed by atoms with E-state index in [9.17, 15) is 0 Å². The fraction of sp³-hybridized carbons (Fsp3) is 0. The molecule has 436 valence electrons. The molecule has 0 atom stereocenters. The van der Waals surface area contributed by atoms with Crippen LogP contribution in [0.2, 0.25) is 0 Å². The number of benzene rings is 14. The van der Waals surface area contributed by atoms with Crippen molar-refractivity contribution >= 4 is 184 Å². The Labute approximate surface area is 536 Å². The van der Waals surface area contributed by atoms with E-state index in [-0.39, 0.29) is 0 Å². The van der Waals surface area contributed by atoms with Crippen LogP contribution in [0.3, 0.4) is 0 Å². The van der Waals surface area contributed by atoms with E-state index >= 15 is 0 Å². The molecule has 10 heteroatoms. The van der Waals surface area contributed by atoms with Crippen molar-refractivity contribution in [1.82, 2.24) is 29.1 Å².